The molecule has 0 saturated carbocycles. The summed E-state index contributed by atoms with van der Waals surface area (Å²) in [5.74, 6) is -2.80. The molecule has 0 spiro atoms. The molecule has 0 aliphatic carbocycles. The maximum Gasteiger partial charge on any atom is 0.471 e. The molecule has 1 aromatic carbocycles. The number of hydrogen-bond donors (Lipinski definition) is 0. The van der Waals surface area contributed by atoms with Crippen molar-refractivity contribution in [1.82, 2.24) is 30.2 Å². The predicted octanol–water partition coefficient (Wildman–Crippen LogP) is 5.08. The van der Waals surface area contributed by atoms with Crippen molar-refractivity contribution >= 4 is 0 Å². The number of benzene rings is 1. The van der Waals surface area contributed by atoms with Crippen LogP contribution in [-0.2, 0) is 12.4 Å². The van der Waals surface area contributed by atoms with Gasteiger partial charge in [-0.25, -0.2) is 9.97 Å². The maximum absolute atomic E-state index is 12.7. The first-order chi connectivity index (χ1) is 17.4. The molecule has 0 N–H and O–H groups in total. The highest BCUT2D eigenvalue weighted by molar-refractivity contribution is 5.61. The molecule has 0 unspecified atom stereocenters. The average molecular weight is 530 g/mol. The van der Waals surface area contributed by atoms with E-state index in [9.17, 15) is 26.3 Å². The smallest absolute Gasteiger partial charge is 0.471 e. The number of aryl methyl sites for hydroxylation is 2. The summed E-state index contributed by atoms with van der Waals surface area (Å²) in [6.45, 7) is 3.89. The first-order valence-electron chi connectivity index (χ1n) is 10.4. The van der Waals surface area contributed by atoms with Crippen LogP contribution in [0, 0.1) is 13.8 Å². The number of aromatic nitrogens is 6. The maximum atomic E-state index is 12.7. The summed E-state index contributed by atoms with van der Waals surface area (Å²) in [6.07, 6.45) is -6.72. The van der Waals surface area contributed by atoms with Crippen molar-refractivity contribution in [3.8, 4) is 34.5 Å². The van der Waals surface area contributed by atoms with Gasteiger partial charge in [0.05, 0.1) is 25.6 Å². The summed E-state index contributed by atoms with van der Waals surface area (Å²) < 4.78 is 95.4. The van der Waals surface area contributed by atoms with E-state index >= 15 is 0 Å². The Labute approximate surface area is 203 Å². The van der Waals surface area contributed by atoms with E-state index in [0.29, 0.717) is 28.9 Å². The molecule has 0 bridgehead atoms. The molecule has 4 rings (SSSR count). The van der Waals surface area contributed by atoms with E-state index in [4.69, 9.17) is 9.47 Å². The zero-order chi connectivity index (χ0) is 26.8. The Hall–Kier alpha value is -4.24. The van der Waals surface area contributed by atoms with E-state index in [-0.39, 0.29) is 36.4 Å². The molecule has 3 aromatic heterocycles. The summed E-state index contributed by atoms with van der Waals surface area (Å²) in [4.78, 5) is 14.5. The quantitative estimate of drug-likeness (QED) is 0.225. The molecule has 0 atom stereocenters. The van der Waals surface area contributed by atoms with Crippen LogP contribution in [-0.4, -0.2) is 43.5 Å². The third kappa shape index (κ3) is 6.13. The van der Waals surface area contributed by atoms with E-state index in [0.717, 1.165) is 6.20 Å². The molecule has 37 heavy (non-hydrogen) atoms. The molecule has 0 aliphatic heterocycles. The molecule has 0 saturated heterocycles. The van der Waals surface area contributed by atoms with Crippen molar-refractivity contribution in [2.24, 2.45) is 0 Å². The van der Waals surface area contributed by atoms with E-state index in [1.165, 1.54) is 6.20 Å². The van der Waals surface area contributed by atoms with Crippen molar-refractivity contribution in [1.29, 1.82) is 0 Å². The molecule has 196 valence electrons. The van der Waals surface area contributed by atoms with Crippen LogP contribution in [0.2, 0.25) is 0 Å². The van der Waals surface area contributed by atoms with Crippen LogP contribution in [0.3, 0.4) is 0 Å². The second-order valence-electron chi connectivity index (χ2n) is 7.57. The standard InChI is InChI=1S/C21H16F6N6O4/c1-10-6-12(16-30-18(36-32-16)20(22,23)24)7-11(2)15(10)35-5-3-4-34-14-9-28-13(8-29-14)17-31-19(37-33-17)21(25,26)27/h6-9H,3-5H2,1-2H3. The third-order valence-electron chi connectivity index (χ3n) is 4.70. The second-order valence-corrected chi connectivity index (χ2v) is 7.57. The van der Waals surface area contributed by atoms with Gasteiger partial charge in [0, 0.05) is 12.0 Å². The molecule has 16 heteroatoms. The van der Waals surface area contributed by atoms with Gasteiger partial charge in [-0.2, -0.15) is 36.3 Å². The summed E-state index contributed by atoms with van der Waals surface area (Å²) in [5.41, 5.74) is 1.64. The first kappa shape index (κ1) is 25.8. The van der Waals surface area contributed by atoms with Gasteiger partial charge in [-0.3, -0.25) is 0 Å². The Kier molecular flexibility index (Phi) is 7.00. The zero-order valence-corrected chi connectivity index (χ0v) is 19.0. The number of ether oxygens (including phenoxy) is 2. The Morgan fingerprint density at radius 3 is 1.86 bits per heavy atom. The summed E-state index contributed by atoms with van der Waals surface area (Å²) in [5, 5.41) is 6.60. The van der Waals surface area contributed by atoms with Crippen molar-refractivity contribution < 1.29 is 44.9 Å². The van der Waals surface area contributed by atoms with Crippen molar-refractivity contribution in [3.05, 3.63) is 47.4 Å². The Morgan fingerprint density at radius 2 is 1.32 bits per heavy atom. The Balaban J connectivity index is 1.28. The number of alkyl halides is 6. The highest BCUT2D eigenvalue weighted by Crippen LogP contribution is 2.32. The topological polar surface area (TPSA) is 122 Å². The zero-order valence-electron chi connectivity index (χ0n) is 19.0. The lowest BCUT2D eigenvalue weighted by Crippen LogP contribution is -2.07. The monoisotopic (exact) mass is 530 g/mol. The molecular weight excluding hydrogens is 514 g/mol. The number of halogens is 6. The SMILES string of the molecule is Cc1cc(-c2noc(C(F)(F)F)n2)cc(C)c1OCCCOc1cnc(-c2noc(C(F)(F)F)n2)cn1. The molecule has 10 nitrogen and oxygen atoms in total. The molecule has 0 fully saturated rings. The number of nitrogens with zero attached hydrogens (tertiary/aromatic N) is 6. The minimum absolute atomic E-state index is 0.0280. The second kappa shape index (κ2) is 10.0. The van der Waals surface area contributed by atoms with Crippen LogP contribution >= 0.6 is 0 Å². The lowest BCUT2D eigenvalue weighted by atomic mass is 10.1. The fourth-order valence-electron chi connectivity index (χ4n) is 3.12. The van der Waals surface area contributed by atoms with Crippen molar-refractivity contribution in [2.45, 2.75) is 32.6 Å². The van der Waals surface area contributed by atoms with Gasteiger partial charge < -0.3 is 18.5 Å². The molecule has 0 amide bonds. The van der Waals surface area contributed by atoms with E-state index < -0.39 is 24.1 Å². The van der Waals surface area contributed by atoms with Crippen LogP contribution < -0.4 is 9.47 Å². The third-order valence-corrected chi connectivity index (χ3v) is 4.70. The molecule has 0 radical (unpaired) electrons. The van der Waals surface area contributed by atoms with Gasteiger partial charge in [-0.1, -0.05) is 10.3 Å². The highest BCUT2D eigenvalue weighted by Gasteiger charge is 2.39. The number of hydrogen-bond acceptors (Lipinski definition) is 10. The van der Waals surface area contributed by atoms with Crippen LogP contribution in [0.5, 0.6) is 11.6 Å². The fourth-order valence-corrected chi connectivity index (χ4v) is 3.12. The van der Waals surface area contributed by atoms with Gasteiger partial charge in [-0.15, -0.1) is 0 Å². The minimum Gasteiger partial charge on any atom is -0.493 e. The lowest BCUT2D eigenvalue weighted by Gasteiger charge is -2.13. The fraction of sp³-hybridized carbons (Fsp3) is 0.333. The van der Waals surface area contributed by atoms with E-state index in [1.54, 1.807) is 26.0 Å². The normalized spacial score (nSPS) is 12.1. The van der Waals surface area contributed by atoms with Gasteiger partial charge >= 0.3 is 24.1 Å². The van der Waals surface area contributed by atoms with E-state index in [1.807, 2.05) is 0 Å². The summed E-state index contributed by atoms with van der Waals surface area (Å²) in [7, 11) is 0. The summed E-state index contributed by atoms with van der Waals surface area (Å²) in [6, 6.07) is 3.17. The van der Waals surface area contributed by atoms with Gasteiger partial charge in [0.2, 0.25) is 17.5 Å². The van der Waals surface area contributed by atoms with Gasteiger partial charge in [0.1, 0.15) is 11.4 Å². The molecule has 3 heterocycles. The summed E-state index contributed by atoms with van der Waals surface area (Å²) >= 11 is 0. The Morgan fingerprint density at radius 1 is 0.757 bits per heavy atom. The van der Waals surface area contributed by atoms with Gasteiger partial charge in [0.15, 0.2) is 0 Å². The Bertz CT molecular complexity index is 1340. The highest BCUT2D eigenvalue weighted by atomic mass is 19.4. The van der Waals surface area contributed by atoms with Crippen molar-refractivity contribution in [3.63, 3.8) is 0 Å². The average Bonchev–Trinajstić information content (AvgIpc) is 3.51. The lowest BCUT2D eigenvalue weighted by molar-refractivity contribution is -0.160. The predicted molar refractivity (Wildman–Crippen MR) is 110 cm³/mol. The van der Waals surface area contributed by atoms with E-state index in [2.05, 4.69) is 39.3 Å². The molecule has 0 aliphatic rings. The minimum atomic E-state index is -4.77. The van der Waals surface area contributed by atoms with Gasteiger partial charge in [-0.05, 0) is 37.1 Å². The van der Waals surface area contributed by atoms with Crippen LogP contribution in [0.4, 0.5) is 26.3 Å². The van der Waals surface area contributed by atoms with Crippen LogP contribution in [0.1, 0.15) is 29.3 Å². The first-order valence-corrected chi connectivity index (χ1v) is 10.4. The molecule has 4 aromatic rings. The number of rotatable bonds is 8. The van der Waals surface area contributed by atoms with Gasteiger partial charge in [0.25, 0.3) is 0 Å². The van der Waals surface area contributed by atoms with Crippen molar-refractivity contribution in [2.75, 3.05) is 13.2 Å². The largest absolute Gasteiger partial charge is 0.493 e. The molecular formula is C21H16F6N6O4. The van der Waals surface area contributed by atoms with Crippen LogP contribution in [0.25, 0.3) is 22.9 Å². The van der Waals surface area contributed by atoms with Crippen LogP contribution in [0.15, 0.2) is 33.6 Å².